The molecule has 0 bridgehead atoms. The van der Waals surface area contributed by atoms with Crippen LogP contribution in [0.1, 0.15) is 44.6 Å². The number of nitrogens with two attached hydrogens (primary N) is 1. The van der Waals surface area contributed by atoms with Gasteiger partial charge in [0.2, 0.25) is 0 Å². The average molecular weight is 203 g/mol. The zero-order valence-corrected chi connectivity index (χ0v) is 9.74. The number of hydrogen-bond acceptors (Lipinski definition) is 1. The predicted octanol–water partition coefficient (Wildman–Crippen LogP) is 3.81. The zero-order valence-electron chi connectivity index (χ0n) is 9.74. The zero-order chi connectivity index (χ0) is 10.8. The molecule has 0 saturated heterocycles. The van der Waals surface area contributed by atoms with Crippen molar-refractivity contribution >= 4 is 5.69 Å². The molecule has 1 aliphatic carbocycles. The first-order chi connectivity index (χ1) is 7.16. The smallest absolute Gasteiger partial charge is 0.0349 e. The van der Waals surface area contributed by atoms with Crippen molar-refractivity contribution in [1.82, 2.24) is 0 Å². The van der Waals surface area contributed by atoms with Crippen molar-refractivity contribution < 1.29 is 0 Å². The molecule has 1 heteroatoms. The van der Waals surface area contributed by atoms with Crippen LogP contribution in [0, 0.1) is 11.8 Å². The summed E-state index contributed by atoms with van der Waals surface area (Å²) in [6, 6.07) is 8.36. The van der Waals surface area contributed by atoms with Crippen LogP contribution in [-0.2, 0) is 0 Å². The molecule has 0 aromatic heterocycles. The van der Waals surface area contributed by atoms with Gasteiger partial charge in [0.25, 0.3) is 0 Å². The fourth-order valence-electron chi connectivity index (χ4n) is 3.08. The third kappa shape index (κ3) is 2.34. The van der Waals surface area contributed by atoms with E-state index in [4.69, 9.17) is 5.73 Å². The van der Waals surface area contributed by atoms with Gasteiger partial charge >= 0.3 is 0 Å². The van der Waals surface area contributed by atoms with Gasteiger partial charge < -0.3 is 5.73 Å². The van der Waals surface area contributed by atoms with Gasteiger partial charge in [-0.15, -0.1) is 0 Å². The fourth-order valence-corrected chi connectivity index (χ4v) is 3.08. The molecule has 1 aliphatic rings. The van der Waals surface area contributed by atoms with Crippen molar-refractivity contribution in [3.8, 4) is 0 Å². The number of rotatable bonds is 1. The lowest BCUT2D eigenvalue weighted by molar-refractivity contribution is 0.269. The third-order valence-corrected chi connectivity index (χ3v) is 3.61. The molecule has 0 unspecified atom stereocenters. The molecule has 0 heterocycles. The molecule has 1 fully saturated rings. The molecule has 1 aromatic carbocycles. The first kappa shape index (κ1) is 10.5. The van der Waals surface area contributed by atoms with E-state index in [0.717, 1.165) is 17.5 Å². The van der Waals surface area contributed by atoms with E-state index in [0.29, 0.717) is 5.92 Å². The van der Waals surface area contributed by atoms with Gasteiger partial charge in [-0.2, -0.15) is 0 Å². The van der Waals surface area contributed by atoms with Crippen LogP contribution in [0.3, 0.4) is 0 Å². The van der Waals surface area contributed by atoms with Gasteiger partial charge in [-0.3, -0.25) is 0 Å². The van der Waals surface area contributed by atoms with Crippen LogP contribution in [0.5, 0.6) is 0 Å². The Kier molecular flexibility index (Phi) is 2.99. The first-order valence-corrected chi connectivity index (χ1v) is 6.01. The van der Waals surface area contributed by atoms with Crippen LogP contribution in [0.2, 0.25) is 0 Å². The van der Waals surface area contributed by atoms with E-state index in [-0.39, 0.29) is 0 Å². The van der Waals surface area contributed by atoms with Gasteiger partial charge in [-0.05, 0) is 48.6 Å². The number of nitrogen functional groups attached to an aromatic ring is 1. The van der Waals surface area contributed by atoms with E-state index in [1.165, 1.54) is 24.8 Å². The van der Waals surface area contributed by atoms with Crippen LogP contribution < -0.4 is 5.73 Å². The average Bonchev–Trinajstić information content (AvgIpc) is 2.16. The Hall–Kier alpha value is -0.980. The molecule has 0 radical (unpaired) electrons. The summed E-state index contributed by atoms with van der Waals surface area (Å²) in [5, 5.41) is 0. The summed E-state index contributed by atoms with van der Waals surface area (Å²) >= 11 is 0. The van der Waals surface area contributed by atoms with E-state index in [1.54, 1.807) is 0 Å². The molecule has 2 N–H and O–H groups in total. The molecule has 1 aromatic rings. The number of hydrogen-bond donors (Lipinski definition) is 1. The lowest BCUT2D eigenvalue weighted by Gasteiger charge is -2.32. The summed E-state index contributed by atoms with van der Waals surface area (Å²) in [6.07, 6.45) is 3.99. The Morgan fingerprint density at radius 1 is 1.00 bits per heavy atom. The van der Waals surface area contributed by atoms with Gasteiger partial charge in [0.05, 0.1) is 0 Å². The molecule has 2 atom stereocenters. The Labute approximate surface area is 92.7 Å². The highest BCUT2D eigenvalue weighted by Crippen LogP contribution is 2.40. The Morgan fingerprint density at radius 2 is 1.60 bits per heavy atom. The van der Waals surface area contributed by atoms with E-state index >= 15 is 0 Å². The second-order valence-corrected chi connectivity index (χ2v) is 5.24. The highest BCUT2D eigenvalue weighted by molar-refractivity contribution is 5.48. The minimum Gasteiger partial charge on any atom is -0.398 e. The fraction of sp³-hybridized carbons (Fsp3) is 0.571. The maximum atomic E-state index is 6.04. The Morgan fingerprint density at radius 3 is 2.20 bits per heavy atom. The minimum absolute atomic E-state index is 0.685. The number of anilines is 1. The second kappa shape index (κ2) is 4.26. The molecule has 0 spiro atoms. The van der Waals surface area contributed by atoms with Crippen molar-refractivity contribution in [3.05, 3.63) is 29.8 Å². The highest BCUT2D eigenvalue weighted by atomic mass is 14.6. The van der Waals surface area contributed by atoms with Gasteiger partial charge in [0.15, 0.2) is 0 Å². The van der Waals surface area contributed by atoms with E-state index in [2.05, 4.69) is 26.0 Å². The molecular formula is C14H21N. The number of benzene rings is 1. The molecule has 15 heavy (non-hydrogen) atoms. The lowest BCUT2D eigenvalue weighted by Crippen LogP contribution is -2.18. The maximum Gasteiger partial charge on any atom is 0.0349 e. The topological polar surface area (TPSA) is 26.0 Å². The van der Waals surface area contributed by atoms with E-state index in [9.17, 15) is 0 Å². The second-order valence-electron chi connectivity index (χ2n) is 5.24. The van der Waals surface area contributed by atoms with E-state index in [1.807, 2.05) is 12.1 Å². The van der Waals surface area contributed by atoms with Gasteiger partial charge in [-0.25, -0.2) is 0 Å². The molecule has 0 aliphatic heterocycles. The van der Waals surface area contributed by atoms with Crippen LogP contribution in [0.25, 0.3) is 0 Å². The molecule has 82 valence electrons. The largest absolute Gasteiger partial charge is 0.398 e. The van der Waals surface area contributed by atoms with Crippen molar-refractivity contribution in [3.63, 3.8) is 0 Å². The minimum atomic E-state index is 0.685. The SMILES string of the molecule is C[C@H]1CC(c2ccccc2N)C[C@H](C)C1. The molecule has 1 nitrogen and oxygen atoms in total. The Bertz CT molecular complexity index is 322. The lowest BCUT2D eigenvalue weighted by atomic mass is 9.74. The standard InChI is InChI=1S/C14H21N/c1-10-7-11(2)9-12(8-10)13-5-3-4-6-14(13)15/h3-6,10-12H,7-9,15H2,1-2H3/t10-,11-/m1/s1. The summed E-state index contributed by atoms with van der Waals surface area (Å²) in [4.78, 5) is 0. The Balaban J connectivity index is 2.20. The van der Waals surface area contributed by atoms with Crippen molar-refractivity contribution in [2.45, 2.75) is 39.0 Å². The van der Waals surface area contributed by atoms with Crippen molar-refractivity contribution in [2.24, 2.45) is 11.8 Å². The quantitative estimate of drug-likeness (QED) is 0.690. The summed E-state index contributed by atoms with van der Waals surface area (Å²) < 4.78 is 0. The summed E-state index contributed by atoms with van der Waals surface area (Å²) in [5.41, 5.74) is 8.39. The van der Waals surface area contributed by atoms with Crippen LogP contribution in [0.4, 0.5) is 5.69 Å². The van der Waals surface area contributed by atoms with Gasteiger partial charge in [0.1, 0.15) is 0 Å². The maximum absolute atomic E-state index is 6.04. The van der Waals surface area contributed by atoms with Crippen molar-refractivity contribution in [2.75, 3.05) is 5.73 Å². The van der Waals surface area contributed by atoms with Crippen molar-refractivity contribution in [1.29, 1.82) is 0 Å². The van der Waals surface area contributed by atoms with E-state index < -0.39 is 0 Å². The van der Waals surface area contributed by atoms with Gasteiger partial charge in [-0.1, -0.05) is 32.0 Å². The summed E-state index contributed by atoms with van der Waals surface area (Å²) in [7, 11) is 0. The van der Waals surface area contributed by atoms with Crippen LogP contribution in [-0.4, -0.2) is 0 Å². The van der Waals surface area contributed by atoms with Crippen LogP contribution >= 0.6 is 0 Å². The molecule has 1 saturated carbocycles. The van der Waals surface area contributed by atoms with Crippen LogP contribution in [0.15, 0.2) is 24.3 Å². The van der Waals surface area contributed by atoms with Gasteiger partial charge in [0, 0.05) is 5.69 Å². The first-order valence-electron chi connectivity index (χ1n) is 6.01. The monoisotopic (exact) mass is 203 g/mol. The molecular weight excluding hydrogens is 182 g/mol. The summed E-state index contributed by atoms with van der Waals surface area (Å²) in [6.45, 7) is 4.73. The molecule has 0 amide bonds. The normalized spacial score (nSPS) is 31.5. The third-order valence-electron chi connectivity index (χ3n) is 3.61. The highest BCUT2D eigenvalue weighted by Gasteiger charge is 2.25. The molecule has 2 rings (SSSR count). The number of para-hydroxylation sites is 1. The predicted molar refractivity (Wildman–Crippen MR) is 65.8 cm³/mol. The summed E-state index contributed by atoms with van der Waals surface area (Å²) in [5.74, 6) is 2.38.